The minimum absolute atomic E-state index is 0.153. The standard InChI is InChI=1S/C9H19NO7P2/c1-3-6-10(8(11)4-2)7-5-9(18(12,13)14)19(15,16)17/h4,9H,2-3,5-7H2,1H3,(H2,12,13,14)(H2,15,16,17). The van der Waals surface area contributed by atoms with Gasteiger partial charge in [-0.15, -0.1) is 0 Å². The lowest BCUT2D eigenvalue weighted by atomic mass is 10.3. The molecule has 0 saturated carbocycles. The summed E-state index contributed by atoms with van der Waals surface area (Å²) in [5, 5.41) is -2.09. The topological polar surface area (TPSA) is 135 Å². The van der Waals surface area contributed by atoms with Crippen LogP contribution in [0.15, 0.2) is 12.7 Å². The second-order valence-corrected chi connectivity index (χ2v) is 7.99. The monoisotopic (exact) mass is 315 g/mol. The summed E-state index contributed by atoms with van der Waals surface area (Å²) in [6.45, 7) is 5.25. The summed E-state index contributed by atoms with van der Waals surface area (Å²) >= 11 is 0. The summed E-state index contributed by atoms with van der Waals surface area (Å²) in [5.41, 5.74) is 0. The Morgan fingerprint density at radius 3 is 2.00 bits per heavy atom. The van der Waals surface area contributed by atoms with E-state index in [4.69, 9.17) is 19.6 Å². The van der Waals surface area contributed by atoms with Crippen LogP contribution in [0.2, 0.25) is 0 Å². The summed E-state index contributed by atoms with van der Waals surface area (Å²) in [6.07, 6.45) is 1.17. The molecular weight excluding hydrogens is 296 g/mol. The fourth-order valence-electron chi connectivity index (χ4n) is 1.53. The highest BCUT2D eigenvalue weighted by molar-refractivity contribution is 7.70. The van der Waals surface area contributed by atoms with Crippen molar-refractivity contribution in [1.82, 2.24) is 4.90 Å². The van der Waals surface area contributed by atoms with Gasteiger partial charge in [0.15, 0.2) is 5.40 Å². The Morgan fingerprint density at radius 1 is 1.21 bits per heavy atom. The molecule has 4 N–H and O–H groups in total. The van der Waals surface area contributed by atoms with Crippen LogP contribution in [0.3, 0.4) is 0 Å². The molecule has 1 amide bonds. The average Bonchev–Trinajstić information content (AvgIpc) is 2.23. The van der Waals surface area contributed by atoms with Crippen LogP contribution in [0.5, 0.6) is 0 Å². The molecule has 0 atom stereocenters. The molecule has 0 aromatic heterocycles. The third-order valence-electron chi connectivity index (χ3n) is 2.41. The molecule has 112 valence electrons. The van der Waals surface area contributed by atoms with Crippen molar-refractivity contribution < 1.29 is 33.5 Å². The predicted molar refractivity (Wildman–Crippen MR) is 69.6 cm³/mol. The minimum atomic E-state index is -4.94. The number of nitrogens with zero attached hydrogens (tertiary/aromatic N) is 1. The van der Waals surface area contributed by atoms with E-state index in [0.717, 1.165) is 6.08 Å². The van der Waals surface area contributed by atoms with Gasteiger partial charge in [-0.25, -0.2) is 0 Å². The average molecular weight is 315 g/mol. The van der Waals surface area contributed by atoms with Gasteiger partial charge >= 0.3 is 15.2 Å². The molecule has 0 bridgehead atoms. The number of rotatable bonds is 8. The molecule has 0 unspecified atom stereocenters. The lowest BCUT2D eigenvalue weighted by molar-refractivity contribution is -0.126. The normalized spacial score (nSPS) is 12.5. The number of amides is 1. The van der Waals surface area contributed by atoms with Crippen LogP contribution in [0, 0.1) is 0 Å². The van der Waals surface area contributed by atoms with Crippen LogP contribution in [0.25, 0.3) is 0 Å². The first-order valence-corrected chi connectivity index (χ1v) is 8.92. The van der Waals surface area contributed by atoms with Gasteiger partial charge in [0.05, 0.1) is 0 Å². The highest BCUT2D eigenvalue weighted by atomic mass is 31.2. The van der Waals surface area contributed by atoms with E-state index in [1.165, 1.54) is 4.90 Å². The van der Waals surface area contributed by atoms with E-state index in [1.807, 2.05) is 0 Å². The number of hydrogen-bond acceptors (Lipinski definition) is 3. The van der Waals surface area contributed by atoms with Gasteiger partial charge in [-0.2, -0.15) is 0 Å². The van der Waals surface area contributed by atoms with Crippen molar-refractivity contribution in [3.63, 3.8) is 0 Å². The minimum Gasteiger partial charge on any atom is -0.339 e. The summed E-state index contributed by atoms with van der Waals surface area (Å²) in [6, 6.07) is 0. The van der Waals surface area contributed by atoms with Crippen molar-refractivity contribution >= 4 is 21.1 Å². The van der Waals surface area contributed by atoms with Crippen LogP contribution in [-0.4, -0.2) is 48.9 Å². The molecule has 0 radical (unpaired) electrons. The van der Waals surface area contributed by atoms with Crippen molar-refractivity contribution in [3.8, 4) is 0 Å². The van der Waals surface area contributed by atoms with Crippen molar-refractivity contribution in [2.75, 3.05) is 13.1 Å². The molecule has 0 aliphatic carbocycles. The molecule has 0 aliphatic heterocycles. The van der Waals surface area contributed by atoms with Crippen LogP contribution >= 0.6 is 15.2 Å². The maximum absolute atomic E-state index is 11.4. The first-order chi connectivity index (χ1) is 8.54. The van der Waals surface area contributed by atoms with Crippen LogP contribution in [0.1, 0.15) is 19.8 Å². The quantitative estimate of drug-likeness (QED) is 0.378. The van der Waals surface area contributed by atoms with Crippen molar-refractivity contribution in [2.24, 2.45) is 0 Å². The summed E-state index contributed by atoms with van der Waals surface area (Å²) in [4.78, 5) is 48.5. The molecule has 0 heterocycles. The van der Waals surface area contributed by atoms with E-state index in [0.29, 0.717) is 13.0 Å². The van der Waals surface area contributed by atoms with E-state index in [1.54, 1.807) is 6.92 Å². The Labute approximate surface area is 111 Å². The van der Waals surface area contributed by atoms with Gasteiger partial charge in [0.2, 0.25) is 5.91 Å². The van der Waals surface area contributed by atoms with E-state index in [9.17, 15) is 13.9 Å². The third-order valence-corrected chi connectivity index (χ3v) is 6.29. The van der Waals surface area contributed by atoms with Gasteiger partial charge in [-0.05, 0) is 18.9 Å². The first-order valence-electron chi connectivity index (χ1n) is 5.55. The number of hydrogen-bond donors (Lipinski definition) is 4. The van der Waals surface area contributed by atoms with Crippen LogP contribution in [0.4, 0.5) is 0 Å². The lowest BCUT2D eigenvalue weighted by Crippen LogP contribution is -2.33. The molecule has 10 heteroatoms. The van der Waals surface area contributed by atoms with Gasteiger partial charge in [0.25, 0.3) is 0 Å². The zero-order valence-corrected chi connectivity index (χ0v) is 12.3. The molecule has 0 saturated heterocycles. The largest absolute Gasteiger partial charge is 0.340 e. The molecule has 0 rings (SSSR count). The summed E-state index contributed by atoms with van der Waals surface area (Å²) < 4.78 is 22.1. The first kappa shape index (κ1) is 18.5. The molecule has 0 spiro atoms. The van der Waals surface area contributed by atoms with Gasteiger partial charge in [0.1, 0.15) is 0 Å². The van der Waals surface area contributed by atoms with Gasteiger partial charge in [0, 0.05) is 13.1 Å². The van der Waals surface area contributed by atoms with E-state index in [2.05, 4.69) is 6.58 Å². The Hall–Kier alpha value is -0.490. The fourth-order valence-corrected chi connectivity index (χ4v) is 4.01. The van der Waals surface area contributed by atoms with Crippen molar-refractivity contribution in [1.29, 1.82) is 0 Å². The molecule has 0 aromatic carbocycles. The fraction of sp³-hybridized carbons (Fsp3) is 0.667. The molecule has 0 fully saturated rings. The second-order valence-electron chi connectivity index (χ2n) is 3.98. The maximum atomic E-state index is 11.4. The maximum Gasteiger partial charge on any atom is 0.340 e. The summed E-state index contributed by atoms with van der Waals surface area (Å²) in [7, 11) is -9.88. The number of carbonyl (C=O) groups excluding carboxylic acids is 1. The van der Waals surface area contributed by atoms with Crippen molar-refractivity contribution in [2.45, 2.75) is 25.2 Å². The van der Waals surface area contributed by atoms with E-state index >= 15 is 0 Å². The molecule has 8 nitrogen and oxygen atoms in total. The highest BCUT2D eigenvalue weighted by Gasteiger charge is 2.43. The second kappa shape index (κ2) is 7.33. The lowest BCUT2D eigenvalue weighted by Gasteiger charge is -2.25. The Bertz CT molecular complexity index is 391. The van der Waals surface area contributed by atoms with Gasteiger partial charge in [-0.3, -0.25) is 13.9 Å². The zero-order chi connectivity index (χ0) is 15.3. The molecule has 19 heavy (non-hydrogen) atoms. The summed E-state index contributed by atoms with van der Waals surface area (Å²) in [5.74, 6) is -0.447. The predicted octanol–water partition coefficient (Wildman–Crippen LogP) is 0.483. The van der Waals surface area contributed by atoms with E-state index in [-0.39, 0.29) is 6.54 Å². The zero-order valence-electron chi connectivity index (χ0n) is 10.5. The van der Waals surface area contributed by atoms with Crippen LogP contribution in [-0.2, 0) is 13.9 Å². The Balaban J connectivity index is 4.88. The van der Waals surface area contributed by atoms with Gasteiger partial charge in [-0.1, -0.05) is 13.5 Å². The highest BCUT2D eigenvalue weighted by Crippen LogP contribution is 2.61. The Morgan fingerprint density at radius 2 is 1.68 bits per heavy atom. The Kier molecular flexibility index (Phi) is 7.15. The number of carbonyl (C=O) groups is 1. The van der Waals surface area contributed by atoms with Crippen LogP contribution < -0.4 is 0 Å². The molecule has 0 aliphatic rings. The van der Waals surface area contributed by atoms with Crippen molar-refractivity contribution in [3.05, 3.63) is 12.7 Å². The van der Waals surface area contributed by atoms with Gasteiger partial charge < -0.3 is 24.5 Å². The van der Waals surface area contributed by atoms with E-state index < -0.39 is 32.9 Å². The smallest absolute Gasteiger partial charge is 0.339 e. The molecular formula is C9H19NO7P2. The molecule has 0 aromatic rings. The third kappa shape index (κ3) is 6.47. The SMILES string of the molecule is C=CC(=O)N(CCC)CCC(P(=O)(O)O)P(=O)(O)O.